The summed E-state index contributed by atoms with van der Waals surface area (Å²) >= 11 is 1.65. The molecule has 3 rings (SSSR count). The quantitative estimate of drug-likeness (QED) is 0.918. The van der Waals surface area contributed by atoms with Crippen molar-refractivity contribution in [3.63, 3.8) is 0 Å². The highest BCUT2D eigenvalue weighted by molar-refractivity contribution is 8.14. The van der Waals surface area contributed by atoms with Crippen molar-refractivity contribution in [3.8, 4) is 0 Å². The average molecular weight is 325 g/mol. The molecule has 118 valence electrons. The summed E-state index contributed by atoms with van der Waals surface area (Å²) in [6, 6.07) is 19.4. The molecule has 5 heteroatoms. The number of amides is 2. The van der Waals surface area contributed by atoms with Gasteiger partial charge in [0.05, 0.1) is 6.54 Å². The average Bonchev–Trinajstić information content (AvgIpc) is 2.96. The predicted octanol–water partition coefficient (Wildman–Crippen LogP) is 4.21. The molecule has 0 spiro atoms. The second kappa shape index (κ2) is 7.33. The Morgan fingerprint density at radius 1 is 1.17 bits per heavy atom. The van der Waals surface area contributed by atoms with E-state index < -0.39 is 0 Å². The number of nitrogens with zero attached hydrogens (tertiary/aromatic N) is 2. The van der Waals surface area contributed by atoms with E-state index in [9.17, 15) is 4.79 Å². The second-order valence-electron chi connectivity index (χ2n) is 5.42. The first-order valence-corrected chi connectivity index (χ1v) is 8.49. The summed E-state index contributed by atoms with van der Waals surface area (Å²) in [5.74, 6) is 0. The topological polar surface area (TPSA) is 44.7 Å². The van der Waals surface area contributed by atoms with Crippen molar-refractivity contribution < 1.29 is 4.79 Å². The minimum atomic E-state index is -0.125. The SMILES string of the molecule is C[C@@H]1CN(C(=O)Nc2ccccc2)C(=NCc2ccccc2)S1. The Labute approximate surface area is 140 Å². The number of para-hydroxylation sites is 1. The second-order valence-corrected chi connectivity index (χ2v) is 6.83. The normalized spacial score (nSPS) is 19.1. The fourth-order valence-corrected chi connectivity index (χ4v) is 3.37. The Kier molecular flexibility index (Phi) is 4.98. The van der Waals surface area contributed by atoms with Crippen molar-refractivity contribution in [1.82, 2.24) is 4.90 Å². The number of hydrogen-bond donors (Lipinski definition) is 1. The Bertz CT molecular complexity index is 688. The van der Waals surface area contributed by atoms with Crippen LogP contribution in [-0.2, 0) is 6.54 Å². The van der Waals surface area contributed by atoms with Crippen molar-refractivity contribution in [2.45, 2.75) is 18.7 Å². The van der Waals surface area contributed by atoms with Crippen LogP contribution in [0, 0.1) is 0 Å². The van der Waals surface area contributed by atoms with Gasteiger partial charge in [0.15, 0.2) is 5.17 Å². The van der Waals surface area contributed by atoms with Crippen LogP contribution in [0.2, 0.25) is 0 Å². The fourth-order valence-electron chi connectivity index (χ4n) is 2.36. The first-order chi connectivity index (χ1) is 11.2. The molecule has 4 nitrogen and oxygen atoms in total. The van der Waals surface area contributed by atoms with Crippen LogP contribution in [0.15, 0.2) is 65.7 Å². The van der Waals surface area contributed by atoms with Crippen LogP contribution >= 0.6 is 11.8 Å². The van der Waals surface area contributed by atoms with Crippen LogP contribution in [0.4, 0.5) is 10.5 Å². The van der Waals surface area contributed by atoms with E-state index in [0.29, 0.717) is 18.3 Å². The third-order valence-corrected chi connectivity index (χ3v) is 4.60. The number of amidine groups is 1. The predicted molar refractivity (Wildman–Crippen MR) is 96.8 cm³/mol. The van der Waals surface area contributed by atoms with Gasteiger partial charge in [0.1, 0.15) is 0 Å². The summed E-state index contributed by atoms with van der Waals surface area (Å²) in [6.07, 6.45) is 0. The first-order valence-electron chi connectivity index (χ1n) is 7.61. The molecular formula is C18H19N3OS. The maximum absolute atomic E-state index is 12.5. The molecule has 0 radical (unpaired) electrons. The van der Waals surface area contributed by atoms with Gasteiger partial charge in [-0.25, -0.2) is 4.79 Å². The third-order valence-electron chi connectivity index (χ3n) is 3.49. The van der Waals surface area contributed by atoms with Crippen molar-refractivity contribution in [1.29, 1.82) is 0 Å². The Balaban J connectivity index is 1.70. The summed E-state index contributed by atoms with van der Waals surface area (Å²) in [7, 11) is 0. The molecule has 1 aliphatic rings. The number of hydrogen-bond acceptors (Lipinski definition) is 3. The van der Waals surface area contributed by atoms with Crippen molar-refractivity contribution in [2.24, 2.45) is 4.99 Å². The van der Waals surface area contributed by atoms with E-state index in [-0.39, 0.29) is 6.03 Å². The molecule has 0 aliphatic carbocycles. The van der Waals surface area contributed by atoms with Gasteiger partial charge >= 0.3 is 6.03 Å². The van der Waals surface area contributed by atoms with Crippen LogP contribution in [-0.4, -0.2) is 27.9 Å². The molecule has 1 aliphatic heterocycles. The highest BCUT2D eigenvalue weighted by Crippen LogP contribution is 2.26. The van der Waals surface area contributed by atoms with Crippen LogP contribution in [0.3, 0.4) is 0 Å². The first kappa shape index (κ1) is 15.6. The van der Waals surface area contributed by atoms with Crippen LogP contribution in [0.5, 0.6) is 0 Å². The lowest BCUT2D eigenvalue weighted by Crippen LogP contribution is -2.36. The highest BCUT2D eigenvalue weighted by atomic mass is 32.2. The van der Waals surface area contributed by atoms with Crippen LogP contribution < -0.4 is 5.32 Å². The number of aliphatic imine (C=N–C) groups is 1. The van der Waals surface area contributed by atoms with E-state index in [1.165, 1.54) is 0 Å². The molecule has 2 amide bonds. The molecule has 23 heavy (non-hydrogen) atoms. The highest BCUT2D eigenvalue weighted by Gasteiger charge is 2.30. The maximum Gasteiger partial charge on any atom is 0.327 e. The molecule has 1 saturated heterocycles. The molecule has 0 unspecified atom stereocenters. The summed E-state index contributed by atoms with van der Waals surface area (Å²) in [5, 5.41) is 4.07. The Morgan fingerprint density at radius 2 is 1.83 bits per heavy atom. The molecular weight excluding hydrogens is 306 g/mol. The number of nitrogens with one attached hydrogen (secondary N) is 1. The minimum Gasteiger partial charge on any atom is -0.307 e. The van der Waals surface area contributed by atoms with Gasteiger partial charge in [-0.1, -0.05) is 67.2 Å². The van der Waals surface area contributed by atoms with Gasteiger partial charge in [-0.2, -0.15) is 0 Å². The molecule has 1 N–H and O–H groups in total. The Morgan fingerprint density at radius 3 is 2.52 bits per heavy atom. The zero-order valence-corrected chi connectivity index (χ0v) is 13.8. The van der Waals surface area contributed by atoms with E-state index in [1.807, 2.05) is 60.7 Å². The molecule has 1 atom stereocenters. The molecule has 2 aromatic carbocycles. The van der Waals surface area contributed by atoms with E-state index in [2.05, 4.69) is 17.2 Å². The summed E-state index contributed by atoms with van der Waals surface area (Å²) in [4.78, 5) is 18.9. The van der Waals surface area contributed by atoms with Crippen LogP contribution in [0.25, 0.3) is 0 Å². The van der Waals surface area contributed by atoms with Crippen molar-refractivity contribution in [2.75, 3.05) is 11.9 Å². The van der Waals surface area contributed by atoms with Crippen molar-refractivity contribution in [3.05, 3.63) is 66.2 Å². The molecule has 0 bridgehead atoms. The van der Waals surface area contributed by atoms with E-state index in [0.717, 1.165) is 16.4 Å². The number of rotatable bonds is 3. The third kappa shape index (κ3) is 4.13. The van der Waals surface area contributed by atoms with E-state index in [4.69, 9.17) is 0 Å². The molecule has 0 aromatic heterocycles. The van der Waals surface area contributed by atoms with E-state index >= 15 is 0 Å². The van der Waals surface area contributed by atoms with Crippen LogP contribution in [0.1, 0.15) is 12.5 Å². The lowest BCUT2D eigenvalue weighted by atomic mass is 10.2. The molecule has 2 aromatic rings. The number of benzene rings is 2. The number of urea groups is 1. The largest absolute Gasteiger partial charge is 0.327 e. The lowest BCUT2D eigenvalue weighted by Gasteiger charge is -2.17. The summed E-state index contributed by atoms with van der Waals surface area (Å²) in [5.41, 5.74) is 1.94. The zero-order chi connectivity index (χ0) is 16.1. The monoisotopic (exact) mass is 325 g/mol. The minimum absolute atomic E-state index is 0.125. The van der Waals surface area contributed by atoms with Gasteiger partial charge in [0.25, 0.3) is 0 Å². The van der Waals surface area contributed by atoms with Gasteiger partial charge < -0.3 is 5.32 Å². The number of thioether (sulfide) groups is 1. The number of carbonyl (C=O) groups is 1. The van der Waals surface area contributed by atoms with Gasteiger partial charge in [-0.15, -0.1) is 0 Å². The molecule has 1 fully saturated rings. The van der Waals surface area contributed by atoms with Gasteiger partial charge in [-0.3, -0.25) is 9.89 Å². The summed E-state index contributed by atoms with van der Waals surface area (Å²) < 4.78 is 0. The van der Waals surface area contributed by atoms with Gasteiger partial charge in [0, 0.05) is 17.5 Å². The van der Waals surface area contributed by atoms with Gasteiger partial charge in [0.2, 0.25) is 0 Å². The van der Waals surface area contributed by atoms with E-state index in [1.54, 1.807) is 16.7 Å². The number of anilines is 1. The Hall–Kier alpha value is -2.27. The molecule has 0 saturated carbocycles. The maximum atomic E-state index is 12.5. The summed E-state index contributed by atoms with van der Waals surface area (Å²) in [6.45, 7) is 3.38. The zero-order valence-electron chi connectivity index (χ0n) is 13.0. The molecule has 1 heterocycles. The lowest BCUT2D eigenvalue weighted by molar-refractivity contribution is 0.235. The standard InChI is InChI=1S/C18H19N3OS/c1-14-13-21(17(22)20-16-10-6-3-7-11-16)18(23-14)19-12-15-8-4-2-5-9-15/h2-11,14H,12-13H2,1H3,(H,20,22)/t14-/m1/s1. The van der Waals surface area contributed by atoms with Gasteiger partial charge in [-0.05, 0) is 17.7 Å². The number of carbonyl (C=O) groups excluding carboxylic acids is 1. The fraction of sp³-hybridized carbons (Fsp3) is 0.222. The smallest absolute Gasteiger partial charge is 0.307 e. The van der Waals surface area contributed by atoms with Crippen molar-refractivity contribution >= 4 is 28.6 Å².